The largest absolute Gasteiger partial charge is 0.457 e. The number of allylic oxidation sites excluding steroid dienone is 4. The first-order valence-electron chi connectivity index (χ1n) is 14.0. The lowest BCUT2D eigenvalue weighted by atomic mass is 9.85. The van der Waals surface area contributed by atoms with Gasteiger partial charge in [-0.25, -0.2) is 4.79 Å². The molecule has 5 heteroatoms. The second-order valence-electron chi connectivity index (χ2n) is 11.5. The predicted molar refractivity (Wildman–Crippen MR) is 147 cm³/mol. The standard InChI is InChI=1S/C32H44O5/c1-6-30-24(5)14-15-32(37-30)19-26(33)18-27(36-32)12-10-22(3)16-21(2)8-7-9-25-20-35-31(34)29-17-23(4)11-13-28(25)29/h7-11,13,17,21,24,26-27,30,33H,6,12,14-16,18-20H2,1-5H3/b8-7+,22-10+,25-9-/t21-,24-,26-,27+,30+,32+/m0/s1. The number of hydrogen-bond donors (Lipinski definition) is 1. The van der Waals surface area contributed by atoms with Crippen molar-refractivity contribution in [1.29, 1.82) is 0 Å². The zero-order valence-electron chi connectivity index (χ0n) is 23.2. The lowest BCUT2D eigenvalue weighted by Gasteiger charge is -2.49. The molecule has 0 aromatic heterocycles. The van der Waals surface area contributed by atoms with Crippen molar-refractivity contribution in [3.05, 3.63) is 64.8 Å². The molecule has 1 N–H and O–H groups in total. The summed E-state index contributed by atoms with van der Waals surface area (Å²) in [7, 11) is 0. The Labute approximate surface area is 222 Å². The number of benzene rings is 1. The highest BCUT2D eigenvalue weighted by molar-refractivity contribution is 5.99. The van der Waals surface area contributed by atoms with Crippen LogP contribution >= 0.6 is 0 Å². The van der Waals surface area contributed by atoms with Crippen LogP contribution in [0.5, 0.6) is 0 Å². The number of carbonyl (C=O) groups excluding carboxylic acids is 1. The molecule has 0 amide bonds. The lowest BCUT2D eigenvalue weighted by molar-refractivity contribution is -0.334. The fourth-order valence-corrected chi connectivity index (χ4v) is 5.99. The molecule has 2 fully saturated rings. The van der Waals surface area contributed by atoms with Crippen molar-refractivity contribution in [2.75, 3.05) is 6.61 Å². The van der Waals surface area contributed by atoms with Gasteiger partial charge in [0.2, 0.25) is 0 Å². The van der Waals surface area contributed by atoms with E-state index >= 15 is 0 Å². The fourth-order valence-electron chi connectivity index (χ4n) is 5.99. The summed E-state index contributed by atoms with van der Waals surface area (Å²) in [5, 5.41) is 10.6. The van der Waals surface area contributed by atoms with E-state index in [1.165, 1.54) is 5.57 Å². The van der Waals surface area contributed by atoms with Crippen LogP contribution in [0.4, 0.5) is 0 Å². The van der Waals surface area contributed by atoms with Crippen LogP contribution in [0.2, 0.25) is 0 Å². The Balaban J connectivity index is 1.32. The monoisotopic (exact) mass is 508 g/mol. The second kappa shape index (κ2) is 12.1. The van der Waals surface area contributed by atoms with Crippen LogP contribution in [-0.2, 0) is 14.2 Å². The highest BCUT2D eigenvalue weighted by Gasteiger charge is 2.46. The molecule has 0 radical (unpaired) electrons. The third-order valence-electron chi connectivity index (χ3n) is 8.06. The summed E-state index contributed by atoms with van der Waals surface area (Å²) in [4.78, 5) is 12.1. The topological polar surface area (TPSA) is 65.0 Å². The summed E-state index contributed by atoms with van der Waals surface area (Å²) in [5.41, 5.74) is 5.01. The van der Waals surface area contributed by atoms with Crippen LogP contribution in [0.3, 0.4) is 0 Å². The SMILES string of the molecule is CC[C@H]1O[C@]2(CC[C@@H]1C)C[C@@H](O)C[C@@H](C/C=C(\C)C[C@@H](C)/C=C/C=C1/COC(=O)c3cc(C)ccc31)O2. The summed E-state index contributed by atoms with van der Waals surface area (Å²) in [6, 6.07) is 5.94. The number of ether oxygens (including phenoxy) is 3. The first-order valence-corrected chi connectivity index (χ1v) is 14.0. The molecule has 0 saturated carbocycles. The van der Waals surface area contributed by atoms with E-state index < -0.39 is 5.79 Å². The minimum Gasteiger partial charge on any atom is -0.457 e. The number of fused-ring (bicyclic) bond motifs is 1. The number of hydrogen-bond acceptors (Lipinski definition) is 5. The maximum absolute atomic E-state index is 12.1. The van der Waals surface area contributed by atoms with Gasteiger partial charge < -0.3 is 19.3 Å². The molecular formula is C32H44O5. The minimum atomic E-state index is -0.619. The van der Waals surface area contributed by atoms with Crippen molar-refractivity contribution in [3.8, 4) is 0 Å². The van der Waals surface area contributed by atoms with Crippen LogP contribution in [0.15, 0.2) is 48.1 Å². The van der Waals surface area contributed by atoms with Crippen molar-refractivity contribution < 1.29 is 24.1 Å². The zero-order chi connectivity index (χ0) is 26.6. The molecular weight excluding hydrogens is 464 g/mol. The molecule has 37 heavy (non-hydrogen) atoms. The normalized spacial score (nSPS) is 32.5. The van der Waals surface area contributed by atoms with Gasteiger partial charge in [-0.1, -0.05) is 68.3 Å². The maximum Gasteiger partial charge on any atom is 0.339 e. The summed E-state index contributed by atoms with van der Waals surface area (Å²) >= 11 is 0. The number of carbonyl (C=O) groups is 1. The van der Waals surface area contributed by atoms with Gasteiger partial charge in [-0.05, 0) is 68.6 Å². The van der Waals surface area contributed by atoms with Crippen molar-refractivity contribution >= 4 is 11.5 Å². The number of esters is 1. The minimum absolute atomic E-state index is 0.0158. The van der Waals surface area contributed by atoms with E-state index in [4.69, 9.17) is 14.2 Å². The Bertz CT molecular complexity index is 1050. The summed E-state index contributed by atoms with van der Waals surface area (Å²) in [6.45, 7) is 11.1. The smallest absolute Gasteiger partial charge is 0.339 e. The van der Waals surface area contributed by atoms with Crippen LogP contribution in [0, 0.1) is 18.8 Å². The molecule has 1 aromatic rings. The molecule has 0 aliphatic carbocycles. The number of aryl methyl sites for hydroxylation is 1. The van der Waals surface area contributed by atoms with Gasteiger partial charge in [0.15, 0.2) is 5.79 Å². The van der Waals surface area contributed by atoms with Crippen molar-refractivity contribution in [3.63, 3.8) is 0 Å². The van der Waals surface area contributed by atoms with E-state index in [-0.39, 0.29) is 24.3 Å². The fraction of sp³-hybridized carbons (Fsp3) is 0.594. The van der Waals surface area contributed by atoms with Crippen LogP contribution in [0.25, 0.3) is 5.57 Å². The Hall–Kier alpha value is -2.21. The molecule has 3 aliphatic heterocycles. The third kappa shape index (κ3) is 7.01. The number of aliphatic hydroxyl groups is 1. The van der Waals surface area contributed by atoms with Gasteiger partial charge in [0.1, 0.15) is 6.61 Å². The van der Waals surface area contributed by atoms with Gasteiger partial charge in [0.25, 0.3) is 0 Å². The van der Waals surface area contributed by atoms with Crippen LogP contribution in [-0.4, -0.2) is 41.8 Å². The highest BCUT2D eigenvalue weighted by Crippen LogP contribution is 2.42. The van der Waals surface area contributed by atoms with Gasteiger partial charge in [0.05, 0.1) is 23.9 Å². The molecule has 3 heterocycles. The molecule has 202 valence electrons. The van der Waals surface area contributed by atoms with Crippen molar-refractivity contribution in [2.45, 2.75) is 104 Å². The Morgan fingerprint density at radius 1 is 1.27 bits per heavy atom. The molecule has 1 aromatic carbocycles. The summed E-state index contributed by atoms with van der Waals surface area (Å²) in [6.07, 6.45) is 14.3. The second-order valence-corrected chi connectivity index (χ2v) is 11.5. The molecule has 1 spiro atoms. The molecule has 5 nitrogen and oxygen atoms in total. The van der Waals surface area contributed by atoms with E-state index in [9.17, 15) is 9.90 Å². The zero-order valence-corrected chi connectivity index (χ0v) is 23.2. The predicted octanol–water partition coefficient (Wildman–Crippen LogP) is 6.93. The van der Waals surface area contributed by atoms with E-state index in [1.54, 1.807) is 0 Å². The molecule has 4 rings (SSSR count). The number of rotatable bonds is 7. The Morgan fingerprint density at radius 3 is 2.86 bits per heavy atom. The van der Waals surface area contributed by atoms with E-state index in [0.29, 0.717) is 36.8 Å². The van der Waals surface area contributed by atoms with Gasteiger partial charge in [0, 0.05) is 19.3 Å². The van der Waals surface area contributed by atoms with Gasteiger partial charge in [-0.15, -0.1) is 0 Å². The Morgan fingerprint density at radius 2 is 2.08 bits per heavy atom. The molecule has 0 bridgehead atoms. The number of cyclic esters (lactones) is 1. The first kappa shape index (κ1) is 27.8. The first-order chi connectivity index (χ1) is 17.7. The van der Waals surface area contributed by atoms with Gasteiger partial charge in [-0.3, -0.25) is 0 Å². The quantitative estimate of drug-likeness (QED) is 0.320. The number of aliphatic hydroxyl groups excluding tert-OH is 1. The van der Waals surface area contributed by atoms with E-state index in [0.717, 1.165) is 48.8 Å². The molecule has 6 atom stereocenters. The summed E-state index contributed by atoms with van der Waals surface area (Å²) < 4.78 is 18.3. The lowest BCUT2D eigenvalue weighted by Crippen LogP contribution is -2.53. The van der Waals surface area contributed by atoms with Gasteiger partial charge >= 0.3 is 5.97 Å². The molecule has 0 unspecified atom stereocenters. The van der Waals surface area contributed by atoms with E-state index in [1.807, 2.05) is 25.1 Å². The molecule has 2 saturated heterocycles. The van der Waals surface area contributed by atoms with Crippen molar-refractivity contribution in [2.24, 2.45) is 11.8 Å². The van der Waals surface area contributed by atoms with Crippen LogP contribution < -0.4 is 0 Å². The van der Waals surface area contributed by atoms with Gasteiger partial charge in [-0.2, -0.15) is 0 Å². The highest BCUT2D eigenvalue weighted by atomic mass is 16.7. The summed E-state index contributed by atoms with van der Waals surface area (Å²) in [5.74, 6) is 0.0423. The van der Waals surface area contributed by atoms with E-state index in [2.05, 4.69) is 52.0 Å². The average molecular weight is 509 g/mol. The third-order valence-corrected chi connectivity index (χ3v) is 8.06. The Kier molecular flexibility index (Phi) is 9.10. The van der Waals surface area contributed by atoms with Crippen LogP contribution in [0.1, 0.15) is 94.1 Å². The average Bonchev–Trinajstić information content (AvgIpc) is 2.85. The van der Waals surface area contributed by atoms with Crippen molar-refractivity contribution in [1.82, 2.24) is 0 Å². The molecule has 3 aliphatic rings. The maximum atomic E-state index is 12.1.